The second kappa shape index (κ2) is 2.81. The molecule has 1 atom stereocenters. The number of rotatable bonds is 1. The number of alkyl halides is 1. The molecule has 0 radical (unpaired) electrons. The maximum atomic E-state index is 5.81. The quantitative estimate of drug-likeness (QED) is 0.605. The highest BCUT2D eigenvalue weighted by Gasteiger charge is 2.10. The molecule has 0 saturated heterocycles. The molecule has 0 fully saturated rings. The minimum atomic E-state index is -0.0833. The minimum absolute atomic E-state index is 0.0833. The van der Waals surface area contributed by atoms with Crippen molar-refractivity contribution >= 4 is 23.2 Å². The number of aromatic nitrogens is 2. The second-order valence-electron chi connectivity index (χ2n) is 2.12. The number of halogens is 2. The third kappa shape index (κ3) is 1.27. The smallest absolute Gasteiger partial charge is 0.0832 e. The first-order chi connectivity index (χ1) is 4.63. The number of aryl methyl sites for hydroxylation is 1. The summed E-state index contributed by atoms with van der Waals surface area (Å²) in [6.45, 7) is 1.87. The van der Waals surface area contributed by atoms with E-state index in [1.807, 2.05) is 14.0 Å². The predicted molar refractivity (Wildman–Crippen MR) is 42.5 cm³/mol. The van der Waals surface area contributed by atoms with E-state index in [9.17, 15) is 0 Å². The Morgan fingerprint density at radius 1 is 1.70 bits per heavy atom. The molecule has 0 aromatic carbocycles. The van der Waals surface area contributed by atoms with Crippen LogP contribution in [0.4, 0.5) is 0 Å². The number of hydrogen-bond donors (Lipinski definition) is 0. The van der Waals surface area contributed by atoms with E-state index in [0.717, 1.165) is 5.69 Å². The first-order valence-corrected chi connectivity index (χ1v) is 3.76. The third-order valence-electron chi connectivity index (χ3n) is 1.31. The molecule has 0 N–H and O–H groups in total. The van der Waals surface area contributed by atoms with E-state index in [1.54, 1.807) is 10.9 Å². The lowest BCUT2D eigenvalue weighted by Crippen LogP contribution is -1.98. The highest BCUT2D eigenvalue weighted by molar-refractivity contribution is 6.32. The van der Waals surface area contributed by atoms with E-state index in [0.29, 0.717) is 5.02 Å². The molecular weight excluding hydrogens is 171 g/mol. The van der Waals surface area contributed by atoms with Crippen molar-refractivity contribution in [1.82, 2.24) is 9.78 Å². The van der Waals surface area contributed by atoms with Gasteiger partial charge in [0.25, 0.3) is 0 Å². The van der Waals surface area contributed by atoms with Crippen molar-refractivity contribution < 1.29 is 0 Å². The lowest BCUT2D eigenvalue weighted by Gasteiger charge is -2.02. The molecule has 1 rings (SSSR count). The van der Waals surface area contributed by atoms with Gasteiger partial charge < -0.3 is 0 Å². The van der Waals surface area contributed by atoms with Gasteiger partial charge in [0.1, 0.15) is 0 Å². The number of nitrogens with zero attached hydrogens (tertiary/aromatic N) is 2. The average Bonchev–Trinajstić information content (AvgIpc) is 2.11. The molecule has 10 heavy (non-hydrogen) atoms. The molecular formula is C6H8Cl2N2. The van der Waals surface area contributed by atoms with E-state index in [4.69, 9.17) is 23.2 Å². The van der Waals surface area contributed by atoms with Crippen LogP contribution >= 0.6 is 23.2 Å². The van der Waals surface area contributed by atoms with Gasteiger partial charge in [-0.3, -0.25) is 4.68 Å². The van der Waals surface area contributed by atoms with Crippen molar-refractivity contribution in [2.75, 3.05) is 0 Å². The Morgan fingerprint density at radius 2 is 2.30 bits per heavy atom. The van der Waals surface area contributed by atoms with Crippen molar-refractivity contribution in [2.45, 2.75) is 12.3 Å². The monoisotopic (exact) mass is 178 g/mol. The third-order valence-corrected chi connectivity index (χ3v) is 1.81. The van der Waals surface area contributed by atoms with E-state index in [-0.39, 0.29) is 5.38 Å². The van der Waals surface area contributed by atoms with Crippen molar-refractivity contribution in [3.63, 3.8) is 0 Å². The Kier molecular flexibility index (Phi) is 2.21. The molecule has 0 aliphatic heterocycles. The van der Waals surface area contributed by atoms with Crippen LogP contribution in [-0.4, -0.2) is 9.78 Å². The van der Waals surface area contributed by atoms with Crippen LogP contribution in [0.2, 0.25) is 5.02 Å². The van der Waals surface area contributed by atoms with Gasteiger partial charge in [0.2, 0.25) is 0 Å². The zero-order valence-corrected chi connectivity index (χ0v) is 7.32. The van der Waals surface area contributed by atoms with E-state index >= 15 is 0 Å². The van der Waals surface area contributed by atoms with Gasteiger partial charge in [0, 0.05) is 7.05 Å². The lowest BCUT2D eigenvalue weighted by atomic mass is 10.3. The van der Waals surface area contributed by atoms with Crippen LogP contribution < -0.4 is 0 Å². The summed E-state index contributed by atoms with van der Waals surface area (Å²) >= 11 is 11.6. The predicted octanol–water partition coefficient (Wildman–Crippen LogP) is 2.37. The Bertz CT molecular complexity index is 210. The highest BCUT2D eigenvalue weighted by Crippen LogP contribution is 2.25. The molecule has 1 unspecified atom stereocenters. The van der Waals surface area contributed by atoms with Crippen LogP contribution in [0.1, 0.15) is 18.0 Å². The fourth-order valence-electron chi connectivity index (χ4n) is 0.868. The van der Waals surface area contributed by atoms with Crippen LogP contribution in [0.25, 0.3) is 0 Å². The fourth-order valence-corrected chi connectivity index (χ4v) is 1.51. The maximum absolute atomic E-state index is 5.81. The van der Waals surface area contributed by atoms with Gasteiger partial charge in [-0.15, -0.1) is 11.6 Å². The van der Waals surface area contributed by atoms with Crippen molar-refractivity contribution in [3.05, 3.63) is 16.9 Å². The van der Waals surface area contributed by atoms with Gasteiger partial charge in [-0.25, -0.2) is 0 Å². The standard InChI is InChI=1S/C6H8Cl2N2/c1-4(7)6-5(8)3-9-10(6)2/h3-4H,1-2H3. The Balaban J connectivity index is 3.10. The zero-order chi connectivity index (χ0) is 7.72. The zero-order valence-electron chi connectivity index (χ0n) is 5.81. The largest absolute Gasteiger partial charge is 0.270 e. The first-order valence-electron chi connectivity index (χ1n) is 2.94. The van der Waals surface area contributed by atoms with Gasteiger partial charge in [-0.1, -0.05) is 11.6 Å². The second-order valence-corrected chi connectivity index (χ2v) is 3.18. The molecule has 1 aromatic rings. The topological polar surface area (TPSA) is 17.8 Å². The first kappa shape index (κ1) is 7.89. The summed E-state index contributed by atoms with van der Waals surface area (Å²) < 4.78 is 1.68. The van der Waals surface area contributed by atoms with Crippen LogP contribution in [0, 0.1) is 0 Å². The molecule has 0 bridgehead atoms. The van der Waals surface area contributed by atoms with E-state index < -0.39 is 0 Å². The molecule has 56 valence electrons. The Hall–Kier alpha value is -0.210. The number of hydrogen-bond acceptors (Lipinski definition) is 1. The van der Waals surface area contributed by atoms with Crippen molar-refractivity contribution in [3.8, 4) is 0 Å². The van der Waals surface area contributed by atoms with Gasteiger partial charge in [-0.05, 0) is 6.92 Å². The van der Waals surface area contributed by atoms with Gasteiger partial charge in [-0.2, -0.15) is 5.10 Å². The van der Waals surface area contributed by atoms with Crippen LogP contribution in [0.5, 0.6) is 0 Å². The molecule has 0 saturated carbocycles. The minimum Gasteiger partial charge on any atom is -0.270 e. The molecule has 1 aromatic heterocycles. The van der Waals surface area contributed by atoms with Crippen molar-refractivity contribution in [1.29, 1.82) is 0 Å². The summed E-state index contributed by atoms with van der Waals surface area (Å²) in [5.74, 6) is 0. The normalized spacial score (nSPS) is 13.6. The summed E-state index contributed by atoms with van der Waals surface area (Å²) in [6.07, 6.45) is 1.59. The molecule has 0 spiro atoms. The van der Waals surface area contributed by atoms with E-state index in [1.165, 1.54) is 0 Å². The molecule has 2 nitrogen and oxygen atoms in total. The summed E-state index contributed by atoms with van der Waals surface area (Å²) in [6, 6.07) is 0. The molecule has 0 aliphatic rings. The summed E-state index contributed by atoms with van der Waals surface area (Å²) in [5, 5.41) is 4.48. The van der Waals surface area contributed by atoms with Gasteiger partial charge in [0.05, 0.1) is 22.3 Å². The van der Waals surface area contributed by atoms with Gasteiger partial charge >= 0.3 is 0 Å². The lowest BCUT2D eigenvalue weighted by molar-refractivity contribution is 0.711. The molecule has 0 aliphatic carbocycles. The highest BCUT2D eigenvalue weighted by atomic mass is 35.5. The fraction of sp³-hybridized carbons (Fsp3) is 0.500. The molecule has 4 heteroatoms. The van der Waals surface area contributed by atoms with Crippen LogP contribution in [0.15, 0.2) is 6.20 Å². The Morgan fingerprint density at radius 3 is 2.50 bits per heavy atom. The summed E-state index contributed by atoms with van der Waals surface area (Å²) in [7, 11) is 1.82. The average molecular weight is 179 g/mol. The van der Waals surface area contributed by atoms with Crippen LogP contribution in [0.3, 0.4) is 0 Å². The summed E-state index contributed by atoms with van der Waals surface area (Å²) in [4.78, 5) is 0. The maximum Gasteiger partial charge on any atom is 0.0832 e. The van der Waals surface area contributed by atoms with Crippen molar-refractivity contribution in [2.24, 2.45) is 7.05 Å². The van der Waals surface area contributed by atoms with Crippen LogP contribution in [-0.2, 0) is 7.05 Å². The Labute approximate surface area is 69.7 Å². The molecule has 0 amide bonds. The molecule has 1 heterocycles. The van der Waals surface area contributed by atoms with E-state index in [2.05, 4.69) is 5.10 Å². The SMILES string of the molecule is CC(Cl)c1c(Cl)cnn1C. The summed E-state index contributed by atoms with van der Waals surface area (Å²) in [5.41, 5.74) is 0.864. The van der Waals surface area contributed by atoms with Gasteiger partial charge in [0.15, 0.2) is 0 Å².